The quantitative estimate of drug-likeness (QED) is 0.655. The number of anilines is 1. The van der Waals surface area contributed by atoms with Crippen LogP contribution in [0.5, 0.6) is 11.5 Å². The topological polar surface area (TPSA) is 86.5 Å². The number of hydrogen-bond acceptors (Lipinski definition) is 5. The van der Waals surface area contributed by atoms with Crippen molar-refractivity contribution in [1.82, 2.24) is 10.5 Å². The van der Waals surface area contributed by atoms with E-state index in [1.807, 2.05) is 26.0 Å². The average molecular weight is 301 g/mol. The molecule has 0 saturated heterocycles. The highest BCUT2D eigenvalue weighted by Crippen LogP contribution is 2.29. The van der Waals surface area contributed by atoms with Crippen molar-refractivity contribution in [3.63, 3.8) is 0 Å². The Morgan fingerprint density at radius 3 is 2.77 bits per heavy atom. The number of carbonyl (C=O) groups excluding carboxylic acids is 1. The van der Waals surface area contributed by atoms with Crippen LogP contribution in [0.3, 0.4) is 0 Å². The first-order valence-corrected chi connectivity index (χ1v) is 6.84. The number of nitrogens with one attached hydrogen (secondary N) is 1. The molecule has 1 aromatic carbocycles. The number of hydrogen-bond donors (Lipinski definition) is 2. The van der Waals surface area contributed by atoms with Crippen LogP contribution in [0.15, 0.2) is 30.5 Å². The number of nitrogens with zero attached hydrogens (tertiary/aromatic N) is 1. The van der Waals surface area contributed by atoms with E-state index < -0.39 is 0 Å². The number of rotatable bonds is 5. The van der Waals surface area contributed by atoms with Crippen LogP contribution in [0.2, 0.25) is 0 Å². The zero-order valence-corrected chi connectivity index (χ0v) is 12.8. The Morgan fingerprint density at radius 2 is 2.05 bits per heavy atom. The summed E-state index contributed by atoms with van der Waals surface area (Å²) in [7, 11) is 0. The maximum Gasteiger partial charge on any atom is 0.240 e. The molecule has 0 aliphatic heterocycles. The number of hydroxylamine groups is 1. The lowest BCUT2D eigenvalue weighted by Gasteiger charge is -2.12. The molecule has 1 amide bonds. The van der Waals surface area contributed by atoms with Gasteiger partial charge in [-0.2, -0.15) is 0 Å². The van der Waals surface area contributed by atoms with Crippen molar-refractivity contribution < 1.29 is 14.4 Å². The average Bonchev–Trinajstić information content (AvgIpc) is 2.48. The molecule has 22 heavy (non-hydrogen) atoms. The molecule has 0 fully saturated rings. The molecule has 116 valence electrons. The molecule has 0 saturated carbocycles. The van der Waals surface area contributed by atoms with Gasteiger partial charge in [0, 0.05) is 24.9 Å². The summed E-state index contributed by atoms with van der Waals surface area (Å²) in [6.07, 6.45) is 1.63. The third kappa shape index (κ3) is 3.95. The van der Waals surface area contributed by atoms with Crippen molar-refractivity contribution in [2.75, 3.05) is 5.73 Å². The van der Waals surface area contributed by atoms with Gasteiger partial charge in [-0.25, -0.2) is 5.48 Å². The Labute approximate surface area is 129 Å². The number of nitrogen functional groups attached to an aromatic ring is 1. The van der Waals surface area contributed by atoms with Crippen molar-refractivity contribution in [3.8, 4) is 11.5 Å². The molecule has 2 aromatic rings. The Balaban J connectivity index is 2.10. The van der Waals surface area contributed by atoms with E-state index >= 15 is 0 Å². The van der Waals surface area contributed by atoms with Crippen LogP contribution in [0, 0.1) is 13.8 Å². The second kappa shape index (κ2) is 6.91. The maximum absolute atomic E-state index is 10.7. The van der Waals surface area contributed by atoms with Gasteiger partial charge in [0.1, 0.15) is 18.1 Å². The Morgan fingerprint density at radius 1 is 1.27 bits per heavy atom. The lowest BCUT2D eigenvalue weighted by molar-refractivity contribution is -0.132. The Hall–Kier alpha value is -2.60. The molecule has 0 aliphatic carbocycles. The Bertz CT molecular complexity index is 686. The molecule has 6 heteroatoms. The van der Waals surface area contributed by atoms with Crippen molar-refractivity contribution in [3.05, 3.63) is 47.3 Å². The van der Waals surface area contributed by atoms with Crippen LogP contribution >= 0.6 is 0 Å². The fourth-order valence-corrected chi connectivity index (χ4v) is 1.86. The van der Waals surface area contributed by atoms with E-state index in [0.717, 1.165) is 22.6 Å². The molecule has 3 N–H and O–H groups in total. The van der Waals surface area contributed by atoms with Crippen LogP contribution in [-0.2, 0) is 16.2 Å². The van der Waals surface area contributed by atoms with Gasteiger partial charge in [0.2, 0.25) is 5.91 Å². The van der Waals surface area contributed by atoms with Gasteiger partial charge < -0.3 is 10.5 Å². The minimum Gasteiger partial charge on any atom is -0.457 e. The van der Waals surface area contributed by atoms with Gasteiger partial charge in [0.25, 0.3) is 0 Å². The van der Waals surface area contributed by atoms with E-state index in [4.69, 9.17) is 15.3 Å². The summed E-state index contributed by atoms with van der Waals surface area (Å²) < 4.78 is 5.87. The fraction of sp³-hybridized carbons (Fsp3) is 0.250. The fourth-order valence-electron chi connectivity index (χ4n) is 1.86. The van der Waals surface area contributed by atoms with E-state index in [-0.39, 0.29) is 12.5 Å². The number of nitrogens with two attached hydrogens (primary N) is 1. The minimum atomic E-state index is -0.264. The highest BCUT2D eigenvalue weighted by Gasteiger charge is 2.07. The molecule has 0 atom stereocenters. The van der Waals surface area contributed by atoms with E-state index in [0.29, 0.717) is 11.4 Å². The van der Waals surface area contributed by atoms with Crippen LogP contribution in [0.4, 0.5) is 5.69 Å². The van der Waals surface area contributed by atoms with Gasteiger partial charge in [-0.1, -0.05) is 0 Å². The first-order valence-electron chi connectivity index (χ1n) is 6.84. The summed E-state index contributed by atoms with van der Waals surface area (Å²) in [5.41, 5.74) is 11.5. The van der Waals surface area contributed by atoms with Crippen molar-refractivity contribution in [2.24, 2.45) is 0 Å². The van der Waals surface area contributed by atoms with Crippen molar-refractivity contribution >= 4 is 11.6 Å². The molecule has 0 radical (unpaired) electrons. The van der Waals surface area contributed by atoms with Crippen molar-refractivity contribution in [1.29, 1.82) is 0 Å². The number of aromatic nitrogens is 1. The third-order valence-electron chi connectivity index (χ3n) is 3.23. The number of pyridine rings is 1. The predicted molar refractivity (Wildman–Crippen MR) is 83.2 cm³/mol. The lowest BCUT2D eigenvalue weighted by atomic mass is 10.1. The lowest BCUT2D eigenvalue weighted by Crippen LogP contribution is -2.20. The zero-order chi connectivity index (χ0) is 16.1. The molecule has 2 rings (SSSR count). The number of carbonyl (C=O) groups is 1. The minimum absolute atomic E-state index is 0.163. The van der Waals surface area contributed by atoms with Gasteiger partial charge in [0.05, 0.1) is 5.69 Å². The molecule has 0 aliphatic rings. The van der Waals surface area contributed by atoms with Crippen LogP contribution in [0.25, 0.3) is 0 Å². The van der Waals surface area contributed by atoms with Crippen molar-refractivity contribution in [2.45, 2.75) is 27.4 Å². The van der Waals surface area contributed by atoms with E-state index in [2.05, 4.69) is 10.5 Å². The highest BCUT2D eigenvalue weighted by atomic mass is 16.6. The van der Waals surface area contributed by atoms with E-state index in [1.54, 1.807) is 18.3 Å². The van der Waals surface area contributed by atoms with Gasteiger partial charge in [-0.3, -0.25) is 14.6 Å². The zero-order valence-electron chi connectivity index (χ0n) is 12.8. The molecule has 0 spiro atoms. The summed E-state index contributed by atoms with van der Waals surface area (Å²) >= 11 is 0. The summed E-state index contributed by atoms with van der Waals surface area (Å²) in [6, 6.07) is 7.17. The molecule has 1 heterocycles. The predicted octanol–water partition coefficient (Wildman–Crippen LogP) is 2.64. The monoisotopic (exact) mass is 301 g/mol. The first kappa shape index (κ1) is 15.8. The second-order valence-electron chi connectivity index (χ2n) is 4.93. The largest absolute Gasteiger partial charge is 0.457 e. The molecular weight excluding hydrogens is 282 g/mol. The SMILES string of the molecule is CC(=O)NOCc1cc(Oc2ccc(N)c(C)c2C)ccn1. The Kier molecular flexibility index (Phi) is 4.95. The molecule has 0 bridgehead atoms. The summed E-state index contributed by atoms with van der Waals surface area (Å²) in [5.74, 6) is 1.12. The number of benzene rings is 1. The molecule has 1 aromatic heterocycles. The van der Waals surface area contributed by atoms with E-state index in [9.17, 15) is 4.79 Å². The van der Waals surface area contributed by atoms with Gasteiger partial charge in [-0.05, 0) is 43.2 Å². The summed E-state index contributed by atoms with van der Waals surface area (Å²) in [5, 5.41) is 0. The summed E-state index contributed by atoms with van der Waals surface area (Å²) in [6.45, 7) is 5.45. The normalized spacial score (nSPS) is 10.3. The van der Waals surface area contributed by atoms with Gasteiger partial charge >= 0.3 is 0 Å². The van der Waals surface area contributed by atoms with Crippen LogP contribution in [0.1, 0.15) is 23.7 Å². The molecular formula is C16H19N3O3. The number of ether oxygens (including phenoxy) is 1. The smallest absolute Gasteiger partial charge is 0.240 e. The second-order valence-corrected chi connectivity index (χ2v) is 4.93. The van der Waals surface area contributed by atoms with Crippen LogP contribution < -0.4 is 16.0 Å². The third-order valence-corrected chi connectivity index (χ3v) is 3.23. The highest BCUT2D eigenvalue weighted by molar-refractivity contribution is 5.71. The maximum atomic E-state index is 10.7. The standard InChI is InChI=1S/C16H19N3O3/c1-10-11(2)16(5-4-15(10)17)22-14-6-7-18-13(8-14)9-21-19-12(3)20/h4-8H,9,17H2,1-3H3,(H,19,20). The number of amides is 1. The van der Waals surface area contributed by atoms with Gasteiger partial charge in [-0.15, -0.1) is 0 Å². The van der Waals surface area contributed by atoms with Crippen LogP contribution in [-0.4, -0.2) is 10.9 Å². The molecule has 6 nitrogen and oxygen atoms in total. The first-order chi connectivity index (χ1) is 10.5. The molecule has 0 unspecified atom stereocenters. The summed E-state index contributed by atoms with van der Waals surface area (Å²) in [4.78, 5) is 19.9. The van der Waals surface area contributed by atoms with E-state index in [1.165, 1.54) is 6.92 Å². The van der Waals surface area contributed by atoms with Gasteiger partial charge in [0.15, 0.2) is 0 Å².